The van der Waals surface area contributed by atoms with Gasteiger partial charge in [-0.3, -0.25) is 9.69 Å². The van der Waals surface area contributed by atoms with Crippen LogP contribution in [-0.2, 0) is 24.3 Å². The molecule has 0 saturated heterocycles. The molecule has 0 aliphatic rings. The fourth-order valence-corrected chi connectivity index (χ4v) is 3.15. The molecule has 0 bridgehead atoms. The second-order valence-corrected chi connectivity index (χ2v) is 6.52. The van der Waals surface area contributed by atoms with E-state index in [9.17, 15) is 4.79 Å². The van der Waals surface area contributed by atoms with Gasteiger partial charge in [0.15, 0.2) is 0 Å². The van der Waals surface area contributed by atoms with Gasteiger partial charge in [0.05, 0.1) is 24.9 Å². The molecule has 0 radical (unpaired) electrons. The molecule has 2 aromatic heterocycles. The summed E-state index contributed by atoms with van der Waals surface area (Å²) in [5.74, 6) is 0.876. The maximum atomic E-state index is 12.1. The van der Waals surface area contributed by atoms with E-state index >= 15 is 0 Å². The van der Waals surface area contributed by atoms with Crippen LogP contribution in [0, 0.1) is 0 Å². The molecule has 0 aliphatic heterocycles. The number of benzene rings is 1. The summed E-state index contributed by atoms with van der Waals surface area (Å²) in [5, 5.41) is 5.70. The Hall–Kier alpha value is -2.44. The minimum Gasteiger partial charge on any atom is -0.468 e. The molecule has 3 aromatic rings. The Morgan fingerprint density at radius 3 is 2.79 bits per heavy atom. The van der Waals surface area contributed by atoms with Crippen molar-refractivity contribution in [1.82, 2.24) is 9.88 Å². The molecule has 1 amide bonds. The zero-order valence-electron chi connectivity index (χ0n) is 13.4. The molecule has 2 heterocycles. The summed E-state index contributed by atoms with van der Waals surface area (Å²) in [4.78, 5) is 18.7. The van der Waals surface area contributed by atoms with Gasteiger partial charge in [0.2, 0.25) is 5.91 Å². The van der Waals surface area contributed by atoms with Gasteiger partial charge in [0.25, 0.3) is 0 Å². The minimum absolute atomic E-state index is 0.0500. The Balaban J connectivity index is 1.50. The lowest BCUT2D eigenvalue weighted by atomic mass is 10.3. The second kappa shape index (κ2) is 7.90. The Labute approximate surface area is 144 Å². The van der Waals surface area contributed by atoms with E-state index in [1.54, 1.807) is 6.26 Å². The molecule has 1 N–H and O–H groups in total. The van der Waals surface area contributed by atoms with Crippen LogP contribution < -0.4 is 5.32 Å². The van der Waals surface area contributed by atoms with Crippen LogP contribution in [0.2, 0.25) is 0 Å². The minimum atomic E-state index is -0.0500. The van der Waals surface area contributed by atoms with Crippen molar-refractivity contribution in [3.8, 4) is 0 Å². The lowest BCUT2D eigenvalue weighted by molar-refractivity contribution is -0.115. The number of carbonyl (C=O) groups excluding carboxylic acids is 1. The van der Waals surface area contributed by atoms with Gasteiger partial charge in [-0.25, -0.2) is 4.98 Å². The highest BCUT2D eigenvalue weighted by Gasteiger charge is 2.10. The number of rotatable bonds is 7. The predicted octanol–water partition coefficient (Wildman–Crippen LogP) is 3.55. The van der Waals surface area contributed by atoms with Crippen molar-refractivity contribution in [3.63, 3.8) is 0 Å². The first kappa shape index (κ1) is 16.4. The van der Waals surface area contributed by atoms with Gasteiger partial charge in [-0.2, -0.15) is 0 Å². The summed E-state index contributed by atoms with van der Waals surface area (Å²) in [6, 6.07) is 13.3. The molecule has 0 spiro atoms. The van der Waals surface area contributed by atoms with E-state index in [1.165, 1.54) is 11.3 Å². The summed E-state index contributed by atoms with van der Waals surface area (Å²) >= 11 is 1.52. The van der Waals surface area contributed by atoms with Gasteiger partial charge in [-0.1, -0.05) is 18.2 Å². The smallest absolute Gasteiger partial charge is 0.231 e. The van der Waals surface area contributed by atoms with Crippen molar-refractivity contribution in [1.29, 1.82) is 0 Å². The van der Waals surface area contributed by atoms with Crippen molar-refractivity contribution in [2.24, 2.45) is 0 Å². The molecule has 6 heteroatoms. The number of nitrogens with zero attached hydrogens (tertiary/aromatic N) is 2. The molecule has 0 atom stereocenters. The third-order valence-electron chi connectivity index (χ3n) is 3.41. The van der Waals surface area contributed by atoms with Gasteiger partial charge in [0.1, 0.15) is 10.8 Å². The lowest BCUT2D eigenvalue weighted by Gasteiger charge is -2.13. The maximum Gasteiger partial charge on any atom is 0.231 e. The standard InChI is InChI=1S/C18H19N3O2S/c1-21(12-16-8-5-9-23-16)11-15-13-24-18(20-15)10-17(22)19-14-6-3-2-4-7-14/h2-9,13H,10-12H2,1H3,(H,19,22). The molecule has 3 rings (SSSR count). The number of furan rings is 1. The van der Waals surface area contributed by atoms with Gasteiger partial charge in [0, 0.05) is 17.6 Å². The lowest BCUT2D eigenvalue weighted by Crippen LogP contribution is -2.17. The SMILES string of the molecule is CN(Cc1csc(CC(=O)Nc2ccccc2)n1)Cc1ccco1. The molecular weight excluding hydrogens is 322 g/mol. The fraction of sp³-hybridized carbons (Fsp3) is 0.222. The summed E-state index contributed by atoms with van der Waals surface area (Å²) in [5.41, 5.74) is 1.77. The summed E-state index contributed by atoms with van der Waals surface area (Å²) in [7, 11) is 2.02. The van der Waals surface area contributed by atoms with Crippen LogP contribution in [-0.4, -0.2) is 22.8 Å². The summed E-state index contributed by atoms with van der Waals surface area (Å²) in [6.07, 6.45) is 1.97. The number of hydrogen-bond donors (Lipinski definition) is 1. The number of para-hydroxylation sites is 1. The average Bonchev–Trinajstić information content (AvgIpc) is 3.20. The van der Waals surface area contributed by atoms with E-state index < -0.39 is 0 Å². The quantitative estimate of drug-likeness (QED) is 0.714. The molecule has 0 unspecified atom stereocenters. The molecule has 1 aromatic carbocycles. The highest BCUT2D eigenvalue weighted by molar-refractivity contribution is 7.09. The van der Waals surface area contributed by atoms with Crippen LogP contribution in [0.1, 0.15) is 16.5 Å². The monoisotopic (exact) mass is 341 g/mol. The van der Waals surface area contributed by atoms with Crippen molar-refractivity contribution >= 4 is 22.9 Å². The zero-order valence-corrected chi connectivity index (χ0v) is 14.3. The number of thiazole rings is 1. The number of anilines is 1. The van der Waals surface area contributed by atoms with Crippen molar-refractivity contribution in [2.75, 3.05) is 12.4 Å². The second-order valence-electron chi connectivity index (χ2n) is 5.58. The fourth-order valence-electron chi connectivity index (χ4n) is 2.37. The van der Waals surface area contributed by atoms with Crippen LogP contribution in [0.25, 0.3) is 0 Å². The molecule has 124 valence electrons. The molecular formula is C18H19N3O2S. The van der Waals surface area contributed by atoms with Gasteiger partial charge in [-0.15, -0.1) is 11.3 Å². The van der Waals surface area contributed by atoms with Crippen LogP contribution in [0.4, 0.5) is 5.69 Å². The van der Waals surface area contributed by atoms with Gasteiger partial charge in [-0.05, 0) is 31.3 Å². The highest BCUT2D eigenvalue weighted by atomic mass is 32.1. The first-order valence-electron chi connectivity index (χ1n) is 7.68. The third-order valence-corrected chi connectivity index (χ3v) is 4.30. The number of aromatic nitrogens is 1. The van der Waals surface area contributed by atoms with E-state index in [2.05, 4.69) is 15.2 Å². The van der Waals surface area contributed by atoms with E-state index in [1.807, 2.05) is 54.9 Å². The van der Waals surface area contributed by atoms with Gasteiger partial charge < -0.3 is 9.73 Å². The van der Waals surface area contributed by atoms with Crippen LogP contribution in [0.5, 0.6) is 0 Å². The van der Waals surface area contributed by atoms with Crippen LogP contribution in [0.15, 0.2) is 58.5 Å². The Morgan fingerprint density at radius 2 is 2.04 bits per heavy atom. The van der Waals surface area contributed by atoms with E-state index in [0.717, 1.165) is 35.2 Å². The molecule has 0 aliphatic carbocycles. The molecule has 5 nitrogen and oxygen atoms in total. The number of carbonyl (C=O) groups is 1. The number of nitrogens with one attached hydrogen (secondary N) is 1. The normalized spacial score (nSPS) is 10.9. The first-order valence-corrected chi connectivity index (χ1v) is 8.56. The molecule has 24 heavy (non-hydrogen) atoms. The first-order chi connectivity index (χ1) is 11.7. The molecule has 0 saturated carbocycles. The van der Waals surface area contributed by atoms with Crippen LogP contribution >= 0.6 is 11.3 Å². The van der Waals surface area contributed by atoms with Crippen molar-refractivity contribution in [2.45, 2.75) is 19.5 Å². The topological polar surface area (TPSA) is 58.4 Å². The Kier molecular flexibility index (Phi) is 5.40. The number of hydrogen-bond acceptors (Lipinski definition) is 5. The Bertz CT molecular complexity index is 769. The summed E-state index contributed by atoms with van der Waals surface area (Å²) in [6.45, 7) is 1.45. The zero-order chi connectivity index (χ0) is 16.8. The average molecular weight is 341 g/mol. The van der Waals surface area contributed by atoms with Crippen molar-refractivity contribution < 1.29 is 9.21 Å². The maximum absolute atomic E-state index is 12.1. The van der Waals surface area contributed by atoms with Crippen LogP contribution in [0.3, 0.4) is 0 Å². The third kappa shape index (κ3) is 4.78. The highest BCUT2D eigenvalue weighted by Crippen LogP contribution is 2.14. The van der Waals surface area contributed by atoms with E-state index in [0.29, 0.717) is 6.42 Å². The molecule has 0 fully saturated rings. The Morgan fingerprint density at radius 1 is 1.21 bits per heavy atom. The largest absolute Gasteiger partial charge is 0.468 e. The van der Waals surface area contributed by atoms with E-state index in [4.69, 9.17) is 4.42 Å². The predicted molar refractivity (Wildman–Crippen MR) is 94.8 cm³/mol. The van der Waals surface area contributed by atoms with E-state index in [-0.39, 0.29) is 5.91 Å². The van der Waals surface area contributed by atoms with Gasteiger partial charge >= 0.3 is 0 Å². The number of amides is 1. The summed E-state index contributed by atoms with van der Waals surface area (Å²) < 4.78 is 5.34. The van der Waals surface area contributed by atoms with Crippen molar-refractivity contribution in [3.05, 3.63) is 70.6 Å².